The molecule has 0 spiro atoms. The fourth-order valence-electron chi connectivity index (χ4n) is 1.97. The van der Waals surface area contributed by atoms with Gasteiger partial charge in [0.25, 0.3) is 17.5 Å². The first-order valence-corrected chi connectivity index (χ1v) is 7.41. The maximum atomic E-state index is 12.6. The first-order valence-electron chi connectivity index (χ1n) is 7.41. The molecule has 0 aliphatic rings. The molecule has 0 aliphatic heterocycles. The SMILES string of the molecule is O=C(CNc1cccc(C(F)(F)F)c1)NNC(=O)c1ccc([N+](=O)[O-])cc1. The molecule has 0 unspecified atom stereocenters. The van der Waals surface area contributed by atoms with Gasteiger partial charge in [-0.3, -0.25) is 30.6 Å². The molecule has 0 saturated carbocycles. The highest BCUT2D eigenvalue weighted by Gasteiger charge is 2.30. The van der Waals surface area contributed by atoms with Crippen molar-refractivity contribution < 1.29 is 27.7 Å². The van der Waals surface area contributed by atoms with E-state index in [1.54, 1.807) is 0 Å². The van der Waals surface area contributed by atoms with Crippen LogP contribution < -0.4 is 16.2 Å². The lowest BCUT2D eigenvalue weighted by Gasteiger charge is -2.11. The van der Waals surface area contributed by atoms with E-state index in [2.05, 4.69) is 16.2 Å². The van der Waals surface area contributed by atoms with E-state index in [4.69, 9.17) is 0 Å². The van der Waals surface area contributed by atoms with Crippen LogP contribution in [0.5, 0.6) is 0 Å². The Bertz CT molecular complexity index is 853. The maximum Gasteiger partial charge on any atom is 0.416 e. The minimum atomic E-state index is -4.50. The number of anilines is 1. The zero-order valence-corrected chi connectivity index (χ0v) is 13.5. The molecule has 0 saturated heterocycles. The maximum absolute atomic E-state index is 12.6. The number of nitro groups is 1. The first-order chi connectivity index (χ1) is 12.7. The highest BCUT2D eigenvalue weighted by molar-refractivity contribution is 5.95. The van der Waals surface area contributed by atoms with E-state index in [0.717, 1.165) is 24.3 Å². The quantitative estimate of drug-likeness (QED) is 0.543. The minimum Gasteiger partial charge on any atom is -0.376 e. The van der Waals surface area contributed by atoms with Crippen LogP contribution in [0.1, 0.15) is 15.9 Å². The molecule has 0 radical (unpaired) electrons. The topological polar surface area (TPSA) is 113 Å². The van der Waals surface area contributed by atoms with Crippen molar-refractivity contribution in [1.29, 1.82) is 0 Å². The monoisotopic (exact) mass is 382 g/mol. The summed E-state index contributed by atoms with van der Waals surface area (Å²) in [5.41, 5.74) is 3.27. The van der Waals surface area contributed by atoms with Crippen molar-refractivity contribution >= 4 is 23.2 Å². The largest absolute Gasteiger partial charge is 0.416 e. The molecule has 2 aromatic rings. The number of nitrogens with one attached hydrogen (secondary N) is 3. The number of rotatable bonds is 5. The third-order valence-corrected chi connectivity index (χ3v) is 3.30. The van der Waals surface area contributed by atoms with Gasteiger partial charge in [0.15, 0.2) is 0 Å². The van der Waals surface area contributed by atoms with Gasteiger partial charge in [-0.2, -0.15) is 13.2 Å². The lowest BCUT2D eigenvalue weighted by Crippen LogP contribution is -2.44. The van der Waals surface area contributed by atoms with Gasteiger partial charge in [-0.05, 0) is 30.3 Å². The number of hydrazine groups is 1. The number of amides is 2. The lowest BCUT2D eigenvalue weighted by atomic mass is 10.2. The summed E-state index contributed by atoms with van der Waals surface area (Å²) < 4.78 is 37.8. The second-order valence-electron chi connectivity index (χ2n) is 5.24. The Balaban J connectivity index is 1.84. The Morgan fingerprint density at radius 1 is 1.04 bits per heavy atom. The molecule has 8 nitrogen and oxygen atoms in total. The molecular formula is C16H13F3N4O4. The normalized spacial score (nSPS) is 10.8. The van der Waals surface area contributed by atoms with Gasteiger partial charge < -0.3 is 5.32 Å². The van der Waals surface area contributed by atoms with E-state index in [9.17, 15) is 32.9 Å². The molecule has 0 fully saturated rings. The number of alkyl halides is 3. The number of non-ortho nitro benzene ring substituents is 1. The van der Waals surface area contributed by atoms with Crippen LogP contribution in [0.4, 0.5) is 24.5 Å². The fraction of sp³-hybridized carbons (Fsp3) is 0.125. The van der Waals surface area contributed by atoms with Gasteiger partial charge in [-0.25, -0.2) is 0 Å². The summed E-state index contributed by atoms with van der Waals surface area (Å²) in [6.45, 7) is -0.387. The van der Waals surface area contributed by atoms with E-state index in [1.807, 2.05) is 0 Å². The number of halogens is 3. The highest BCUT2D eigenvalue weighted by atomic mass is 19.4. The van der Waals surface area contributed by atoms with E-state index in [1.165, 1.54) is 24.3 Å². The molecule has 2 rings (SSSR count). The number of nitro benzene ring substituents is 1. The third kappa shape index (κ3) is 5.70. The second kappa shape index (κ2) is 8.17. The van der Waals surface area contributed by atoms with Gasteiger partial charge in [-0.15, -0.1) is 0 Å². The lowest BCUT2D eigenvalue weighted by molar-refractivity contribution is -0.384. The summed E-state index contributed by atoms with van der Waals surface area (Å²) in [5, 5.41) is 13.0. The van der Waals surface area contributed by atoms with Crippen molar-refractivity contribution in [2.75, 3.05) is 11.9 Å². The molecule has 0 aromatic heterocycles. The van der Waals surface area contributed by atoms with Crippen LogP contribution in [0.25, 0.3) is 0 Å². The summed E-state index contributed by atoms with van der Waals surface area (Å²) in [7, 11) is 0. The Morgan fingerprint density at radius 2 is 1.70 bits per heavy atom. The van der Waals surface area contributed by atoms with Crippen molar-refractivity contribution in [3.8, 4) is 0 Å². The van der Waals surface area contributed by atoms with E-state index < -0.39 is 28.5 Å². The molecule has 0 atom stereocenters. The predicted octanol–water partition coefficient (Wildman–Crippen LogP) is 2.49. The van der Waals surface area contributed by atoms with Gasteiger partial charge in [-0.1, -0.05) is 6.07 Å². The van der Waals surface area contributed by atoms with Gasteiger partial charge in [0.2, 0.25) is 0 Å². The van der Waals surface area contributed by atoms with Crippen molar-refractivity contribution in [2.24, 2.45) is 0 Å². The van der Waals surface area contributed by atoms with Crippen molar-refractivity contribution in [1.82, 2.24) is 10.9 Å². The molecule has 2 aromatic carbocycles. The summed E-state index contributed by atoms with van der Waals surface area (Å²) in [6.07, 6.45) is -4.50. The van der Waals surface area contributed by atoms with Gasteiger partial charge in [0.05, 0.1) is 17.0 Å². The Hall–Kier alpha value is -3.63. The zero-order chi connectivity index (χ0) is 20.0. The molecule has 11 heteroatoms. The number of carbonyl (C=O) groups excluding carboxylic acids is 2. The fourth-order valence-corrected chi connectivity index (χ4v) is 1.97. The summed E-state index contributed by atoms with van der Waals surface area (Å²) in [5.74, 6) is -1.42. The molecular weight excluding hydrogens is 369 g/mol. The summed E-state index contributed by atoms with van der Waals surface area (Å²) in [4.78, 5) is 33.4. The van der Waals surface area contributed by atoms with Crippen LogP contribution in [0.15, 0.2) is 48.5 Å². The predicted molar refractivity (Wildman–Crippen MR) is 88.6 cm³/mol. The smallest absolute Gasteiger partial charge is 0.376 e. The van der Waals surface area contributed by atoms with E-state index in [0.29, 0.717) is 0 Å². The molecule has 27 heavy (non-hydrogen) atoms. The molecule has 3 N–H and O–H groups in total. The van der Waals surface area contributed by atoms with Crippen LogP contribution in [-0.2, 0) is 11.0 Å². The van der Waals surface area contributed by atoms with E-state index in [-0.39, 0.29) is 23.5 Å². The van der Waals surface area contributed by atoms with Crippen LogP contribution >= 0.6 is 0 Å². The standard InChI is InChI=1S/C16H13F3N4O4/c17-16(18,19)11-2-1-3-12(8-11)20-9-14(24)21-22-15(25)10-4-6-13(7-5-10)23(26)27/h1-8,20H,9H2,(H,21,24)(H,22,25). The number of benzene rings is 2. The molecule has 142 valence electrons. The average molecular weight is 382 g/mol. The Labute approximate surface area is 150 Å². The number of nitrogens with zero attached hydrogens (tertiary/aromatic N) is 1. The average Bonchev–Trinajstić information content (AvgIpc) is 2.64. The molecule has 2 amide bonds. The highest BCUT2D eigenvalue weighted by Crippen LogP contribution is 2.30. The number of hydrogen-bond donors (Lipinski definition) is 3. The van der Waals surface area contributed by atoms with Crippen molar-refractivity contribution in [3.63, 3.8) is 0 Å². The zero-order valence-electron chi connectivity index (χ0n) is 13.5. The van der Waals surface area contributed by atoms with Crippen molar-refractivity contribution in [3.05, 3.63) is 69.8 Å². The second-order valence-corrected chi connectivity index (χ2v) is 5.24. The van der Waals surface area contributed by atoms with Crippen molar-refractivity contribution in [2.45, 2.75) is 6.18 Å². The van der Waals surface area contributed by atoms with E-state index >= 15 is 0 Å². The third-order valence-electron chi connectivity index (χ3n) is 3.30. The minimum absolute atomic E-state index is 0.0757. The molecule has 0 aliphatic carbocycles. The number of carbonyl (C=O) groups is 2. The summed E-state index contributed by atoms with van der Waals surface area (Å²) >= 11 is 0. The summed E-state index contributed by atoms with van der Waals surface area (Å²) in [6, 6.07) is 8.98. The van der Waals surface area contributed by atoms with Crippen LogP contribution in [0.3, 0.4) is 0 Å². The van der Waals surface area contributed by atoms with Gasteiger partial charge >= 0.3 is 6.18 Å². The molecule has 0 bridgehead atoms. The van der Waals surface area contributed by atoms with Gasteiger partial charge in [0.1, 0.15) is 0 Å². The Morgan fingerprint density at radius 3 is 2.30 bits per heavy atom. The number of hydrogen-bond acceptors (Lipinski definition) is 5. The first kappa shape index (κ1) is 19.7. The van der Waals surface area contributed by atoms with Crippen LogP contribution in [-0.4, -0.2) is 23.3 Å². The Kier molecular flexibility index (Phi) is 5.96. The van der Waals surface area contributed by atoms with Crippen LogP contribution in [0, 0.1) is 10.1 Å². The molecule has 0 heterocycles. The van der Waals surface area contributed by atoms with Gasteiger partial charge in [0, 0.05) is 23.4 Å². The van der Waals surface area contributed by atoms with Crippen LogP contribution in [0.2, 0.25) is 0 Å².